The Labute approximate surface area is 298 Å². The molecule has 2 aromatic carbocycles. The number of rotatable bonds is 12. The molecule has 13 nitrogen and oxygen atoms in total. The number of carboxylic acid groups (broad SMARTS) is 2. The van der Waals surface area contributed by atoms with Crippen LogP contribution < -0.4 is 10.6 Å². The fourth-order valence-electron chi connectivity index (χ4n) is 7.34. The molecule has 0 aliphatic heterocycles. The Balaban J connectivity index is 1.44. The van der Waals surface area contributed by atoms with Crippen molar-refractivity contribution in [1.82, 2.24) is 4.90 Å². The van der Waals surface area contributed by atoms with Crippen molar-refractivity contribution in [3.8, 4) is 11.5 Å². The van der Waals surface area contributed by atoms with E-state index in [2.05, 4.69) is 10.6 Å². The van der Waals surface area contributed by atoms with Gasteiger partial charge in [-0.15, -0.1) is 0 Å². The number of aromatic hydroxyl groups is 2. The van der Waals surface area contributed by atoms with E-state index in [9.17, 15) is 49.5 Å². The molecule has 2 aromatic rings. The molecule has 1 amide bonds. The number of anilines is 2. The molecular weight excluding hydrogens is 620 g/mol. The molecule has 6 rings (SSSR count). The van der Waals surface area contributed by atoms with Crippen molar-refractivity contribution >= 4 is 96.6 Å². The van der Waals surface area contributed by atoms with Gasteiger partial charge in [0, 0.05) is 0 Å². The zero-order chi connectivity index (χ0) is 33.4. The number of nitrogens with one attached hydrogen (secondary N) is 2. The second kappa shape index (κ2) is 14.1. The average Bonchev–Trinajstić information content (AvgIpc) is 3.02. The predicted octanol–water partition coefficient (Wildman–Crippen LogP) is 0.895. The Bertz CT molecular complexity index is 1650. The van der Waals surface area contributed by atoms with Gasteiger partial charge in [-0.3, -0.25) is 0 Å². The third-order valence-electron chi connectivity index (χ3n) is 9.43. The second-order valence-electron chi connectivity index (χ2n) is 12.0. The molecule has 0 spiro atoms. The molecule has 46 heavy (non-hydrogen) atoms. The van der Waals surface area contributed by atoms with Crippen molar-refractivity contribution in [2.45, 2.75) is 6.84 Å². The minimum atomic E-state index is -1.17. The van der Waals surface area contributed by atoms with Crippen LogP contribution in [0.25, 0.3) is 0 Å². The zero-order valence-corrected chi connectivity index (χ0v) is 29.4. The summed E-state index contributed by atoms with van der Waals surface area (Å²) in [5.74, 6) is -9.53. The van der Waals surface area contributed by atoms with Crippen LogP contribution in [-0.2, 0) is 14.4 Å². The van der Waals surface area contributed by atoms with Crippen LogP contribution in [0.2, 0.25) is 6.84 Å². The number of fused-ring (bicyclic) bond motifs is 4. The first-order valence-corrected chi connectivity index (χ1v) is 17.8. The molecule has 6 atom stereocenters. The Kier molecular flexibility index (Phi) is 10.5. The quantitative estimate of drug-likeness (QED) is 0.0827. The van der Waals surface area contributed by atoms with Crippen LogP contribution in [0.3, 0.4) is 0 Å². The Morgan fingerprint density at radius 2 is 1.26 bits per heavy atom. The standard InChI is InChI=1S/C31H31N3O10.2Na/c1-2-32-17-5-6-18(24-23(17)27(38)25-19(36)7-8-20(37)26(25)28(24)39)33-9-10-34(11-12-35)29(40)22-15-4-3-14(21(22)31(43)44)13-16(15)30(41)42;;/h3-8,13-16,21-22,32-33,35-37H,1-2,9-12H2,(H,41,42)(H,43,44);;. The maximum atomic E-state index is 13.9. The number of carbonyl (C=O) groups is 5. The fraction of sp³-hybridized carbons (Fsp3) is 0.387. The number of amides is 1. The van der Waals surface area contributed by atoms with Crippen LogP contribution in [0.15, 0.2) is 36.4 Å². The molecule has 0 radical (unpaired) electrons. The van der Waals surface area contributed by atoms with Crippen LogP contribution in [0.4, 0.5) is 11.4 Å². The number of carbonyl (C=O) groups excluding carboxylic acids is 3. The summed E-state index contributed by atoms with van der Waals surface area (Å²) in [4.78, 5) is 67.3. The summed E-state index contributed by atoms with van der Waals surface area (Å²) < 4.78 is 0.518. The number of aliphatic hydroxyl groups excluding tert-OH is 1. The van der Waals surface area contributed by atoms with Gasteiger partial charge in [-0.1, -0.05) is 0 Å². The zero-order valence-electron chi connectivity index (χ0n) is 25.4. The summed E-state index contributed by atoms with van der Waals surface area (Å²) in [6.45, 7) is -0.0132. The van der Waals surface area contributed by atoms with Gasteiger partial charge in [-0.2, -0.15) is 0 Å². The van der Waals surface area contributed by atoms with Gasteiger partial charge >= 0.3 is 301 Å². The summed E-state index contributed by atoms with van der Waals surface area (Å²) in [7, 11) is 0. The van der Waals surface area contributed by atoms with Crippen molar-refractivity contribution in [3.05, 3.63) is 58.7 Å². The Morgan fingerprint density at radius 3 is 1.76 bits per heavy atom. The van der Waals surface area contributed by atoms with E-state index in [1.165, 1.54) is 4.90 Å². The first-order valence-electron chi connectivity index (χ1n) is 15.3. The number of nitrogens with zero attached hydrogens (tertiary/aromatic N) is 1. The van der Waals surface area contributed by atoms with Gasteiger partial charge in [0.2, 0.25) is 0 Å². The van der Waals surface area contributed by atoms with Crippen molar-refractivity contribution < 1.29 is 49.5 Å². The molecule has 7 N–H and O–H groups in total. The van der Waals surface area contributed by atoms with Gasteiger partial charge in [-0.05, 0) is 0 Å². The Hall–Kier alpha value is -2.91. The molecule has 0 heterocycles. The molecular formula is C31H31N3Na2O10. The number of ketones is 2. The fourth-order valence-corrected chi connectivity index (χ4v) is 8.96. The number of hydrogen-bond donors (Lipinski definition) is 7. The first kappa shape index (κ1) is 34.4. The van der Waals surface area contributed by atoms with Gasteiger partial charge < -0.3 is 0 Å². The third-order valence-corrected chi connectivity index (χ3v) is 11.4. The first-order chi connectivity index (χ1) is 21.9. The SMILES string of the molecule is O=C1c2c(O)ccc(O)c2C(=O)c2c(NCCN(CCO)C(=O)C3C4C=CC([CH]([Na])C4C(=O)O)C3C(=O)O)ccc(NC[CH2][Na])c21. The van der Waals surface area contributed by atoms with Crippen molar-refractivity contribution in [2.75, 3.05) is 43.4 Å². The summed E-state index contributed by atoms with van der Waals surface area (Å²) in [6.07, 6.45) is 3.37. The molecule has 0 saturated heterocycles. The summed E-state index contributed by atoms with van der Waals surface area (Å²) >= 11 is 1.35. The van der Waals surface area contributed by atoms with Gasteiger partial charge in [0.05, 0.1) is 0 Å². The topological polar surface area (TPSA) is 214 Å². The average molecular weight is 652 g/mol. The molecule has 6 unspecified atom stereocenters. The summed E-state index contributed by atoms with van der Waals surface area (Å²) in [5.41, 5.74) is 0.0493. The number of allylic oxidation sites excluding steroid dienone is 2. The van der Waals surface area contributed by atoms with E-state index in [1.807, 2.05) is 0 Å². The van der Waals surface area contributed by atoms with Gasteiger partial charge in [-0.25, -0.2) is 0 Å². The summed E-state index contributed by atoms with van der Waals surface area (Å²) in [6, 6.07) is 5.50. The molecule has 4 aliphatic rings. The molecule has 1 fully saturated rings. The van der Waals surface area contributed by atoms with Crippen LogP contribution in [0, 0.1) is 29.6 Å². The molecule has 2 bridgehead atoms. The predicted molar refractivity (Wildman–Crippen MR) is 166 cm³/mol. The maximum absolute atomic E-state index is 13.9. The normalized spacial score (nSPS) is 24.3. The molecule has 15 heteroatoms. The van der Waals surface area contributed by atoms with E-state index in [0.29, 0.717) is 40.2 Å². The van der Waals surface area contributed by atoms with Crippen LogP contribution in [0.1, 0.15) is 31.8 Å². The summed E-state index contributed by atoms with van der Waals surface area (Å²) in [5, 5.41) is 57.0. The number of carboxylic acids is 2. The number of aliphatic carboxylic acids is 2. The molecule has 0 aromatic heterocycles. The van der Waals surface area contributed by atoms with E-state index >= 15 is 0 Å². The van der Waals surface area contributed by atoms with Crippen molar-refractivity contribution in [3.63, 3.8) is 0 Å². The van der Waals surface area contributed by atoms with E-state index in [1.54, 1.807) is 24.3 Å². The van der Waals surface area contributed by atoms with E-state index in [4.69, 9.17) is 0 Å². The van der Waals surface area contributed by atoms with Gasteiger partial charge in [0.1, 0.15) is 0 Å². The Morgan fingerprint density at radius 1 is 0.739 bits per heavy atom. The number of benzene rings is 2. The van der Waals surface area contributed by atoms with E-state index < -0.39 is 77.1 Å². The second-order valence-corrected chi connectivity index (χ2v) is 14.3. The monoisotopic (exact) mass is 651 g/mol. The van der Waals surface area contributed by atoms with Crippen LogP contribution in [-0.4, -0.2) is 148 Å². The number of hydrogen-bond acceptors (Lipinski definition) is 10. The molecule has 4 aliphatic carbocycles. The van der Waals surface area contributed by atoms with Crippen molar-refractivity contribution in [1.29, 1.82) is 0 Å². The number of aliphatic hydroxyl groups is 1. The van der Waals surface area contributed by atoms with Gasteiger partial charge in [0.15, 0.2) is 0 Å². The van der Waals surface area contributed by atoms with Gasteiger partial charge in [0.25, 0.3) is 0 Å². The van der Waals surface area contributed by atoms with E-state index in [0.717, 1.165) is 43.7 Å². The molecule has 232 valence electrons. The third kappa shape index (κ3) is 5.98. The number of phenols is 2. The van der Waals surface area contributed by atoms with E-state index in [-0.39, 0.29) is 50.7 Å². The minimum absolute atomic E-state index is 0.0140. The van der Waals surface area contributed by atoms with Crippen molar-refractivity contribution in [2.24, 2.45) is 29.6 Å². The van der Waals surface area contributed by atoms with Crippen LogP contribution >= 0.6 is 0 Å². The number of phenolic OH excluding ortho intramolecular Hbond substituents is 2. The van der Waals surface area contributed by atoms with Crippen LogP contribution in [0.5, 0.6) is 11.5 Å². The molecule has 1 saturated carbocycles.